The van der Waals surface area contributed by atoms with Gasteiger partial charge in [0.15, 0.2) is 0 Å². The minimum atomic E-state index is 0.850. The molecule has 0 amide bonds. The first-order valence-electron chi connectivity index (χ1n) is 5.50. The zero-order chi connectivity index (χ0) is 8.55. The molecule has 2 fully saturated rings. The van der Waals surface area contributed by atoms with Gasteiger partial charge in [-0.25, -0.2) is 0 Å². The van der Waals surface area contributed by atoms with E-state index >= 15 is 0 Å². The van der Waals surface area contributed by atoms with Gasteiger partial charge in [-0.1, -0.05) is 19.8 Å². The summed E-state index contributed by atoms with van der Waals surface area (Å²) in [4.78, 5) is 0. The van der Waals surface area contributed by atoms with Crippen molar-refractivity contribution in [1.82, 2.24) is 5.32 Å². The van der Waals surface area contributed by atoms with Crippen molar-refractivity contribution in [2.24, 2.45) is 17.8 Å². The van der Waals surface area contributed by atoms with Crippen molar-refractivity contribution in [3.63, 3.8) is 0 Å². The Morgan fingerprint density at radius 1 is 1.17 bits per heavy atom. The number of nitrogens with one attached hydrogen (secondary N) is 1. The average Bonchev–Trinajstić information content (AvgIpc) is 2.80. The summed E-state index contributed by atoms with van der Waals surface area (Å²) in [6.07, 6.45) is 7.37. The Balaban J connectivity index is 1.94. The molecule has 2 aliphatic rings. The van der Waals surface area contributed by atoms with Gasteiger partial charge >= 0.3 is 0 Å². The minimum Gasteiger partial charge on any atom is -0.316 e. The van der Waals surface area contributed by atoms with E-state index in [-0.39, 0.29) is 0 Å². The molecule has 1 heteroatoms. The van der Waals surface area contributed by atoms with E-state index in [1.807, 2.05) is 0 Å². The second-order valence-corrected chi connectivity index (χ2v) is 4.72. The summed E-state index contributed by atoms with van der Waals surface area (Å²) >= 11 is 0. The summed E-state index contributed by atoms with van der Waals surface area (Å²) < 4.78 is 0. The third kappa shape index (κ3) is 1.52. The van der Waals surface area contributed by atoms with Crippen LogP contribution in [0.3, 0.4) is 0 Å². The van der Waals surface area contributed by atoms with Crippen LogP contribution in [-0.4, -0.2) is 13.1 Å². The van der Waals surface area contributed by atoms with E-state index in [0.29, 0.717) is 0 Å². The van der Waals surface area contributed by atoms with Crippen LogP contribution < -0.4 is 5.32 Å². The molecule has 0 aromatic rings. The van der Waals surface area contributed by atoms with Crippen LogP contribution in [0, 0.1) is 17.8 Å². The first kappa shape index (κ1) is 8.55. The van der Waals surface area contributed by atoms with Gasteiger partial charge in [-0.2, -0.15) is 0 Å². The van der Waals surface area contributed by atoms with Crippen LogP contribution in [-0.2, 0) is 0 Å². The van der Waals surface area contributed by atoms with E-state index in [1.54, 1.807) is 0 Å². The molecule has 2 aliphatic carbocycles. The summed E-state index contributed by atoms with van der Waals surface area (Å²) in [7, 11) is 2.15. The van der Waals surface area contributed by atoms with Gasteiger partial charge in [0.05, 0.1) is 0 Å². The summed E-state index contributed by atoms with van der Waals surface area (Å²) in [5.74, 6) is 2.99. The van der Waals surface area contributed by atoms with Crippen LogP contribution in [0.25, 0.3) is 0 Å². The van der Waals surface area contributed by atoms with Crippen LogP contribution in [0.5, 0.6) is 0 Å². The Bertz CT molecular complexity index is 151. The van der Waals surface area contributed by atoms with Gasteiger partial charge in [-0.05, 0) is 44.1 Å². The molecule has 3 unspecified atom stereocenters. The van der Waals surface area contributed by atoms with Crippen molar-refractivity contribution in [2.75, 3.05) is 7.05 Å². The minimum absolute atomic E-state index is 0.850. The standard InChI is InChI=1S/C11H21N/c1-8-4-3-5-10(8)11(12-2)9-6-7-9/h8-12H,3-7H2,1-2H3. The quantitative estimate of drug-likeness (QED) is 0.680. The first-order valence-corrected chi connectivity index (χ1v) is 5.50. The highest BCUT2D eigenvalue weighted by molar-refractivity contribution is 4.93. The molecule has 2 saturated carbocycles. The van der Waals surface area contributed by atoms with Crippen LogP contribution in [0.4, 0.5) is 0 Å². The van der Waals surface area contributed by atoms with Crippen molar-refractivity contribution < 1.29 is 0 Å². The Kier molecular flexibility index (Phi) is 2.40. The molecule has 0 bridgehead atoms. The van der Waals surface area contributed by atoms with E-state index in [0.717, 1.165) is 23.8 Å². The largest absolute Gasteiger partial charge is 0.316 e. The van der Waals surface area contributed by atoms with E-state index in [9.17, 15) is 0 Å². The predicted molar refractivity (Wildman–Crippen MR) is 52.1 cm³/mol. The lowest BCUT2D eigenvalue weighted by Gasteiger charge is -2.26. The smallest absolute Gasteiger partial charge is 0.0123 e. The topological polar surface area (TPSA) is 12.0 Å². The fourth-order valence-electron chi connectivity index (χ4n) is 2.96. The Hall–Kier alpha value is -0.0400. The van der Waals surface area contributed by atoms with Gasteiger partial charge in [-0.15, -0.1) is 0 Å². The third-order valence-electron chi connectivity index (χ3n) is 3.85. The van der Waals surface area contributed by atoms with Gasteiger partial charge in [-0.3, -0.25) is 0 Å². The third-order valence-corrected chi connectivity index (χ3v) is 3.85. The van der Waals surface area contributed by atoms with Crippen molar-refractivity contribution in [3.8, 4) is 0 Å². The zero-order valence-electron chi connectivity index (χ0n) is 8.34. The maximum absolute atomic E-state index is 3.54. The van der Waals surface area contributed by atoms with Gasteiger partial charge in [0, 0.05) is 6.04 Å². The van der Waals surface area contributed by atoms with Crippen molar-refractivity contribution >= 4 is 0 Å². The van der Waals surface area contributed by atoms with Crippen molar-refractivity contribution in [3.05, 3.63) is 0 Å². The maximum Gasteiger partial charge on any atom is 0.0123 e. The maximum atomic E-state index is 3.54. The van der Waals surface area contributed by atoms with Gasteiger partial charge < -0.3 is 5.32 Å². The molecule has 3 atom stereocenters. The average molecular weight is 167 g/mol. The highest BCUT2D eigenvalue weighted by Gasteiger charge is 2.39. The van der Waals surface area contributed by atoms with Crippen molar-refractivity contribution in [2.45, 2.75) is 45.1 Å². The second kappa shape index (κ2) is 3.37. The summed E-state index contributed by atoms with van der Waals surface area (Å²) in [5.41, 5.74) is 0. The van der Waals surface area contributed by atoms with E-state index in [1.165, 1.54) is 32.1 Å². The molecule has 0 radical (unpaired) electrons. The second-order valence-electron chi connectivity index (χ2n) is 4.72. The molecule has 0 spiro atoms. The normalized spacial score (nSPS) is 38.5. The molecule has 0 aromatic heterocycles. The molecule has 70 valence electrons. The summed E-state index contributed by atoms with van der Waals surface area (Å²) in [5, 5.41) is 3.54. The zero-order valence-corrected chi connectivity index (χ0v) is 8.34. The van der Waals surface area contributed by atoms with Gasteiger partial charge in [0.1, 0.15) is 0 Å². The predicted octanol–water partition coefficient (Wildman–Crippen LogP) is 2.42. The molecule has 0 heterocycles. The molecule has 0 saturated heterocycles. The Labute approximate surface area is 75.9 Å². The summed E-state index contributed by atoms with van der Waals surface area (Å²) in [6, 6.07) is 0.850. The van der Waals surface area contributed by atoms with Crippen LogP contribution >= 0.6 is 0 Å². The van der Waals surface area contributed by atoms with Crippen LogP contribution in [0.1, 0.15) is 39.0 Å². The van der Waals surface area contributed by atoms with E-state index in [2.05, 4.69) is 19.3 Å². The van der Waals surface area contributed by atoms with E-state index in [4.69, 9.17) is 0 Å². The molecule has 1 N–H and O–H groups in total. The highest BCUT2D eigenvalue weighted by atomic mass is 14.9. The fourth-order valence-corrected chi connectivity index (χ4v) is 2.96. The van der Waals surface area contributed by atoms with Gasteiger partial charge in [0.25, 0.3) is 0 Å². The number of rotatable bonds is 3. The molecule has 12 heavy (non-hydrogen) atoms. The lowest BCUT2D eigenvalue weighted by Crippen LogP contribution is -2.36. The molecule has 1 nitrogen and oxygen atoms in total. The molecule has 0 aromatic carbocycles. The highest BCUT2D eigenvalue weighted by Crippen LogP contribution is 2.43. The van der Waals surface area contributed by atoms with Gasteiger partial charge in [0.2, 0.25) is 0 Å². The fraction of sp³-hybridized carbons (Fsp3) is 1.00. The monoisotopic (exact) mass is 167 g/mol. The molecule has 2 rings (SSSR count). The number of hydrogen-bond acceptors (Lipinski definition) is 1. The van der Waals surface area contributed by atoms with Crippen LogP contribution in [0.15, 0.2) is 0 Å². The van der Waals surface area contributed by atoms with Crippen molar-refractivity contribution in [1.29, 1.82) is 0 Å². The lowest BCUT2D eigenvalue weighted by molar-refractivity contribution is 0.284. The molecule has 0 aliphatic heterocycles. The Morgan fingerprint density at radius 3 is 2.33 bits per heavy atom. The van der Waals surface area contributed by atoms with Crippen LogP contribution in [0.2, 0.25) is 0 Å². The summed E-state index contributed by atoms with van der Waals surface area (Å²) in [6.45, 7) is 2.43. The molecular weight excluding hydrogens is 146 g/mol. The SMILES string of the molecule is CNC(C1CC1)C1CCCC1C. The number of hydrogen-bond donors (Lipinski definition) is 1. The Morgan fingerprint density at radius 2 is 1.92 bits per heavy atom. The first-order chi connectivity index (χ1) is 5.83. The molecular formula is C11H21N. The van der Waals surface area contributed by atoms with E-state index < -0.39 is 0 Å². The lowest BCUT2D eigenvalue weighted by atomic mass is 9.87.